The molecule has 11 heteroatoms. The summed E-state index contributed by atoms with van der Waals surface area (Å²) in [6.07, 6.45) is -4.66. The highest BCUT2D eigenvalue weighted by Crippen LogP contribution is 2.48. The van der Waals surface area contributed by atoms with Gasteiger partial charge in [0, 0.05) is 6.54 Å². The normalized spacial score (nSPS) is 22.1. The Hall–Kier alpha value is -3.94. The maximum atomic E-state index is 14.7. The largest absolute Gasteiger partial charge is 0.469 e. The van der Waals surface area contributed by atoms with Gasteiger partial charge in [-0.05, 0) is 48.7 Å². The number of rotatable bonds is 4. The summed E-state index contributed by atoms with van der Waals surface area (Å²) in [5.41, 5.74) is -2.13. The van der Waals surface area contributed by atoms with E-state index in [9.17, 15) is 31.9 Å². The van der Waals surface area contributed by atoms with Gasteiger partial charge in [-0.15, -0.1) is 0 Å². The lowest BCUT2D eigenvalue weighted by Crippen LogP contribution is -2.73. The number of nitriles is 1. The van der Waals surface area contributed by atoms with Crippen molar-refractivity contribution in [1.82, 2.24) is 4.90 Å². The van der Waals surface area contributed by atoms with E-state index in [0.717, 1.165) is 23.1 Å². The minimum absolute atomic E-state index is 0.0371. The molecule has 2 aromatic carbocycles. The summed E-state index contributed by atoms with van der Waals surface area (Å²) < 4.78 is 58.2. The number of methoxy groups -OCH3 is 1. The summed E-state index contributed by atoms with van der Waals surface area (Å²) in [5.74, 6) is -3.27. The molecule has 0 unspecified atom stereocenters. The first-order valence-corrected chi connectivity index (χ1v) is 10.6. The number of alkyl halides is 3. The molecule has 1 spiro atoms. The zero-order valence-electron chi connectivity index (χ0n) is 18.4. The van der Waals surface area contributed by atoms with Gasteiger partial charge in [0.2, 0.25) is 5.91 Å². The summed E-state index contributed by atoms with van der Waals surface area (Å²) in [7, 11) is 1.19. The number of esters is 1. The number of carbonyl (C=O) groups is 3. The second-order valence-corrected chi connectivity index (χ2v) is 8.50. The minimum atomic E-state index is -4.52. The van der Waals surface area contributed by atoms with Crippen LogP contribution in [-0.2, 0) is 31.8 Å². The number of halogens is 4. The third-order valence-corrected chi connectivity index (χ3v) is 6.45. The van der Waals surface area contributed by atoms with Crippen molar-refractivity contribution in [3.63, 3.8) is 0 Å². The van der Waals surface area contributed by atoms with Crippen LogP contribution in [0.1, 0.15) is 29.5 Å². The SMILES string of the molecule is COC(=O)C1CC2(C1)C(=O)N(c1ccc(C#N)cc1F)CC(=O)N2Cc1ccc(C(F)(F)F)cc1. The van der Waals surface area contributed by atoms with Crippen LogP contribution in [-0.4, -0.2) is 41.9 Å². The molecule has 2 aliphatic rings. The molecular formula is C24H19F4N3O4. The quantitative estimate of drug-likeness (QED) is 0.485. The van der Waals surface area contributed by atoms with Gasteiger partial charge in [-0.3, -0.25) is 19.3 Å². The van der Waals surface area contributed by atoms with Crippen LogP contribution in [0.25, 0.3) is 0 Å². The van der Waals surface area contributed by atoms with E-state index < -0.39 is 53.3 Å². The Labute approximate surface area is 197 Å². The molecule has 0 N–H and O–H groups in total. The Morgan fingerprint density at radius 1 is 1.17 bits per heavy atom. The average molecular weight is 489 g/mol. The van der Waals surface area contributed by atoms with Crippen molar-refractivity contribution < 1.29 is 36.7 Å². The molecule has 4 rings (SSSR count). The highest BCUT2D eigenvalue weighted by atomic mass is 19.4. The summed E-state index contributed by atoms with van der Waals surface area (Å²) in [4.78, 5) is 41.1. The molecule has 2 aromatic rings. The minimum Gasteiger partial charge on any atom is -0.469 e. The van der Waals surface area contributed by atoms with Gasteiger partial charge in [-0.25, -0.2) is 4.39 Å². The standard InChI is InChI=1S/C24H19F4N3O4/c1-35-21(33)16-9-23(10-16)22(34)30(19-7-4-15(11-29)8-18(19)25)13-20(32)31(23)12-14-2-5-17(6-3-14)24(26,27)28/h2-8,16H,9-10,12-13H2,1H3. The third-order valence-electron chi connectivity index (χ3n) is 6.45. The molecule has 1 heterocycles. The van der Waals surface area contributed by atoms with E-state index in [1.165, 1.54) is 36.3 Å². The first-order valence-electron chi connectivity index (χ1n) is 10.6. The molecule has 1 aliphatic heterocycles. The Kier molecular flexibility index (Phi) is 6.00. The van der Waals surface area contributed by atoms with Crippen molar-refractivity contribution in [2.24, 2.45) is 5.92 Å². The maximum Gasteiger partial charge on any atom is 0.416 e. The summed E-state index contributed by atoms with van der Waals surface area (Å²) in [6, 6.07) is 9.49. The van der Waals surface area contributed by atoms with Gasteiger partial charge in [-0.1, -0.05) is 12.1 Å². The van der Waals surface area contributed by atoms with Crippen LogP contribution in [0.5, 0.6) is 0 Å². The molecule has 1 aliphatic carbocycles. The lowest BCUT2D eigenvalue weighted by molar-refractivity contribution is -0.171. The first-order chi connectivity index (χ1) is 16.5. The maximum absolute atomic E-state index is 14.7. The number of amides is 2. The van der Waals surface area contributed by atoms with Crippen LogP contribution in [0.15, 0.2) is 42.5 Å². The molecule has 2 fully saturated rings. The Balaban J connectivity index is 1.67. The van der Waals surface area contributed by atoms with Crippen molar-refractivity contribution in [1.29, 1.82) is 5.26 Å². The van der Waals surface area contributed by atoms with E-state index in [4.69, 9.17) is 10.00 Å². The van der Waals surface area contributed by atoms with Crippen LogP contribution >= 0.6 is 0 Å². The van der Waals surface area contributed by atoms with Crippen LogP contribution in [0, 0.1) is 23.1 Å². The number of nitrogens with zero attached hydrogens (tertiary/aromatic N) is 3. The molecule has 0 radical (unpaired) electrons. The van der Waals surface area contributed by atoms with E-state index in [1.807, 2.05) is 0 Å². The fraction of sp³-hybridized carbons (Fsp3) is 0.333. The molecule has 35 heavy (non-hydrogen) atoms. The van der Waals surface area contributed by atoms with Gasteiger partial charge in [0.1, 0.15) is 17.9 Å². The predicted octanol–water partition coefficient (Wildman–Crippen LogP) is 3.41. The second kappa shape index (κ2) is 8.69. The first kappa shape index (κ1) is 24.2. The highest BCUT2D eigenvalue weighted by Gasteiger charge is 2.62. The number of piperazine rings is 1. The summed E-state index contributed by atoms with van der Waals surface area (Å²) >= 11 is 0. The Bertz CT molecular complexity index is 1230. The third kappa shape index (κ3) is 4.20. The van der Waals surface area contributed by atoms with Crippen LogP contribution < -0.4 is 4.90 Å². The molecule has 0 atom stereocenters. The lowest BCUT2D eigenvalue weighted by atomic mass is 9.65. The molecule has 1 saturated carbocycles. The lowest BCUT2D eigenvalue weighted by Gasteiger charge is -2.56. The van der Waals surface area contributed by atoms with Crippen molar-refractivity contribution >= 4 is 23.5 Å². The zero-order valence-corrected chi connectivity index (χ0v) is 18.4. The van der Waals surface area contributed by atoms with Gasteiger partial charge in [-0.2, -0.15) is 18.4 Å². The van der Waals surface area contributed by atoms with Crippen LogP contribution in [0.2, 0.25) is 0 Å². The van der Waals surface area contributed by atoms with Gasteiger partial charge in [0.15, 0.2) is 0 Å². The second-order valence-electron chi connectivity index (χ2n) is 8.50. The fourth-order valence-corrected chi connectivity index (χ4v) is 4.59. The molecule has 7 nitrogen and oxygen atoms in total. The monoisotopic (exact) mass is 489 g/mol. The number of ether oxygens (including phenoxy) is 1. The van der Waals surface area contributed by atoms with Crippen molar-refractivity contribution in [3.8, 4) is 6.07 Å². The van der Waals surface area contributed by atoms with Gasteiger partial charge in [0.05, 0.1) is 35.9 Å². The molecule has 1 saturated heterocycles. The average Bonchev–Trinajstić information content (AvgIpc) is 2.79. The highest BCUT2D eigenvalue weighted by molar-refractivity contribution is 6.10. The molecule has 182 valence electrons. The van der Waals surface area contributed by atoms with Crippen molar-refractivity contribution in [2.45, 2.75) is 31.1 Å². The van der Waals surface area contributed by atoms with E-state index in [-0.39, 0.29) is 30.6 Å². The number of benzene rings is 2. The zero-order chi connectivity index (χ0) is 25.5. The van der Waals surface area contributed by atoms with E-state index in [2.05, 4.69) is 0 Å². The fourth-order valence-electron chi connectivity index (χ4n) is 4.59. The van der Waals surface area contributed by atoms with Crippen molar-refractivity contribution in [3.05, 3.63) is 65.0 Å². The topological polar surface area (TPSA) is 90.7 Å². The van der Waals surface area contributed by atoms with Crippen molar-refractivity contribution in [2.75, 3.05) is 18.6 Å². The molecular weight excluding hydrogens is 470 g/mol. The molecule has 2 amide bonds. The number of carbonyl (C=O) groups excluding carboxylic acids is 3. The van der Waals surface area contributed by atoms with Gasteiger partial charge >= 0.3 is 12.1 Å². The van der Waals surface area contributed by atoms with Crippen LogP contribution in [0.3, 0.4) is 0 Å². The predicted molar refractivity (Wildman–Crippen MR) is 113 cm³/mol. The Morgan fingerprint density at radius 2 is 1.83 bits per heavy atom. The number of hydrogen-bond donors (Lipinski definition) is 0. The number of hydrogen-bond acceptors (Lipinski definition) is 5. The number of anilines is 1. The van der Waals surface area contributed by atoms with E-state index in [0.29, 0.717) is 5.56 Å². The van der Waals surface area contributed by atoms with Gasteiger partial charge in [0.25, 0.3) is 5.91 Å². The molecule has 0 bridgehead atoms. The Morgan fingerprint density at radius 3 is 2.37 bits per heavy atom. The van der Waals surface area contributed by atoms with E-state index >= 15 is 0 Å². The van der Waals surface area contributed by atoms with E-state index in [1.54, 1.807) is 6.07 Å². The summed E-state index contributed by atoms with van der Waals surface area (Å²) in [5, 5.41) is 8.96. The molecule has 0 aromatic heterocycles. The van der Waals surface area contributed by atoms with Crippen LogP contribution in [0.4, 0.5) is 23.2 Å². The van der Waals surface area contributed by atoms with Gasteiger partial charge < -0.3 is 9.64 Å². The summed E-state index contributed by atoms with van der Waals surface area (Å²) in [6.45, 7) is -0.673. The smallest absolute Gasteiger partial charge is 0.416 e.